The summed E-state index contributed by atoms with van der Waals surface area (Å²) in [4.78, 5) is 18.8. The van der Waals surface area contributed by atoms with Crippen molar-refractivity contribution in [2.45, 2.75) is 38.9 Å². The van der Waals surface area contributed by atoms with E-state index in [1.165, 1.54) is 0 Å². The third kappa shape index (κ3) is 4.33. The lowest BCUT2D eigenvalue weighted by Gasteiger charge is -2.35. The van der Waals surface area contributed by atoms with Gasteiger partial charge in [0.1, 0.15) is 6.10 Å². The number of morpholine rings is 1. The van der Waals surface area contributed by atoms with Crippen LogP contribution in [0.25, 0.3) is 0 Å². The van der Waals surface area contributed by atoms with Crippen LogP contribution in [0.3, 0.4) is 0 Å². The molecule has 2 fully saturated rings. The minimum Gasteiger partial charge on any atom is -0.375 e. The fourth-order valence-corrected chi connectivity index (χ4v) is 2.32. The predicted octanol–water partition coefficient (Wildman–Crippen LogP) is 1.16. The lowest BCUT2D eigenvalue weighted by atomic mass is 10.1. The van der Waals surface area contributed by atoms with Crippen LogP contribution in [0.4, 0.5) is 4.79 Å². The molecule has 2 saturated heterocycles. The fraction of sp³-hybridized carbons (Fsp3) is 0.923. The molecule has 2 amide bonds. The van der Waals surface area contributed by atoms with Crippen molar-refractivity contribution in [3.63, 3.8) is 0 Å². The molecule has 6 heteroatoms. The molecule has 6 nitrogen and oxygen atoms in total. The number of hydrogen-bond donors (Lipinski definition) is 1. The molecule has 0 aromatic carbocycles. The number of nitrogens with zero attached hydrogens (tertiary/aromatic N) is 1. The third-order valence-electron chi connectivity index (χ3n) is 3.34. The highest BCUT2D eigenvalue weighted by Crippen LogP contribution is 2.20. The maximum atomic E-state index is 11.9. The van der Waals surface area contributed by atoms with E-state index in [0.717, 1.165) is 19.4 Å². The van der Waals surface area contributed by atoms with Crippen LogP contribution in [0.2, 0.25) is 0 Å². The number of carbonyl (C=O) groups excluding carboxylic acids is 1. The van der Waals surface area contributed by atoms with E-state index in [-0.39, 0.29) is 18.2 Å². The Bertz CT molecular complexity index is 292. The second-order valence-corrected chi connectivity index (χ2v) is 5.52. The van der Waals surface area contributed by atoms with Crippen LogP contribution < -0.4 is 5.48 Å². The van der Waals surface area contributed by atoms with Crippen molar-refractivity contribution in [1.82, 2.24) is 10.4 Å². The summed E-state index contributed by atoms with van der Waals surface area (Å²) >= 11 is 0. The quantitative estimate of drug-likeness (QED) is 0.780. The summed E-state index contributed by atoms with van der Waals surface area (Å²) in [6, 6.07) is -0.188. The largest absolute Gasteiger partial charge is 0.375 e. The fourth-order valence-electron chi connectivity index (χ4n) is 2.32. The number of ether oxygens (including phenoxy) is 2. The van der Waals surface area contributed by atoms with Gasteiger partial charge in [-0.2, -0.15) is 0 Å². The molecule has 2 atom stereocenters. The van der Waals surface area contributed by atoms with Gasteiger partial charge in [0.05, 0.1) is 25.9 Å². The first-order valence-electron chi connectivity index (χ1n) is 7.06. The van der Waals surface area contributed by atoms with Crippen molar-refractivity contribution < 1.29 is 19.1 Å². The van der Waals surface area contributed by atoms with Crippen molar-refractivity contribution in [3.05, 3.63) is 0 Å². The summed E-state index contributed by atoms with van der Waals surface area (Å²) in [6.45, 7) is 7.12. The van der Waals surface area contributed by atoms with Crippen LogP contribution in [0.15, 0.2) is 0 Å². The van der Waals surface area contributed by atoms with Gasteiger partial charge in [-0.05, 0) is 18.8 Å². The normalized spacial score (nSPS) is 27.8. The number of hydrogen-bond acceptors (Lipinski definition) is 4. The van der Waals surface area contributed by atoms with E-state index in [4.69, 9.17) is 14.3 Å². The molecular formula is C13H24N2O4. The molecule has 2 aliphatic rings. The number of nitrogens with one attached hydrogen (secondary N) is 1. The lowest BCUT2D eigenvalue weighted by molar-refractivity contribution is -0.0883. The Morgan fingerprint density at radius 1 is 1.37 bits per heavy atom. The molecule has 110 valence electrons. The number of urea groups is 1. The molecule has 0 saturated carbocycles. The highest BCUT2D eigenvalue weighted by Gasteiger charge is 2.32. The predicted molar refractivity (Wildman–Crippen MR) is 69.6 cm³/mol. The highest BCUT2D eigenvalue weighted by atomic mass is 16.7. The van der Waals surface area contributed by atoms with Crippen molar-refractivity contribution in [1.29, 1.82) is 0 Å². The molecule has 1 N–H and O–H groups in total. The molecule has 0 aromatic heterocycles. The standard InChI is InChI=1S/C13H24N2O4/c1-10(2)9-19-14-13(16)15-5-7-18-12(8-15)11-4-3-6-17-11/h10-12H,3-9H2,1-2H3,(H,14,16)/t11-,12+/m1/s1. The Labute approximate surface area is 114 Å². The maximum Gasteiger partial charge on any atom is 0.341 e. The Morgan fingerprint density at radius 2 is 2.16 bits per heavy atom. The van der Waals surface area contributed by atoms with E-state index in [0.29, 0.717) is 32.2 Å². The summed E-state index contributed by atoms with van der Waals surface area (Å²) in [5, 5.41) is 0. The molecule has 0 aliphatic carbocycles. The van der Waals surface area contributed by atoms with Crippen molar-refractivity contribution in [2.24, 2.45) is 5.92 Å². The molecule has 0 aromatic rings. The van der Waals surface area contributed by atoms with Crippen molar-refractivity contribution in [2.75, 3.05) is 32.9 Å². The first kappa shape index (κ1) is 14.6. The zero-order valence-corrected chi connectivity index (χ0v) is 11.8. The second-order valence-electron chi connectivity index (χ2n) is 5.52. The minimum absolute atomic E-state index is 0.00732. The van der Waals surface area contributed by atoms with E-state index >= 15 is 0 Å². The van der Waals surface area contributed by atoms with Crippen LogP contribution in [-0.4, -0.2) is 56.0 Å². The monoisotopic (exact) mass is 272 g/mol. The average Bonchev–Trinajstić information content (AvgIpc) is 2.92. The van der Waals surface area contributed by atoms with Gasteiger partial charge in [0.25, 0.3) is 0 Å². The smallest absolute Gasteiger partial charge is 0.341 e. The van der Waals surface area contributed by atoms with E-state index in [2.05, 4.69) is 5.48 Å². The van der Waals surface area contributed by atoms with Gasteiger partial charge in [0, 0.05) is 13.2 Å². The summed E-state index contributed by atoms with van der Waals surface area (Å²) < 4.78 is 11.3. The van der Waals surface area contributed by atoms with Crippen LogP contribution in [-0.2, 0) is 14.3 Å². The first-order valence-corrected chi connectivity index (χ1v) is 7.06. The molecular weight excluding hydrogens is 248 g/mol. The first-order chi connectivity index (χ1) is 9.16. The minimum atomic E-state index is -0.188. The molecule has 0 radical (unpaired) electrons. The third-order valence-corrected chi connectivity index (χ3v) is 3.34. The SMILES string of the molecule is CC(C)CONC(=O)N1CCO[C@H]([C@H]2CCCO2)C1. The number of amides is 2. The van der Waals surface area contributed by atoms with Gasteiger partial charge in [-0.15, -0.1) is 0 Å². The van der Waals surface area contributed by atoms with Crippen LogP contribution in [0.5, 0.6) is 0 Å². The van der Waals surface area contributed by atoms with Crippen molar-refractivity contribution >= 4 is 6.03 Å². The van der Waals surface area contributed by atoms with Crippen LogP contribution >= 0.6 is 0 Å². The average molecular weight is 272 g/mol. The maximum absolute atomic E-state index is 11.9. The Hall–Kier alpha value is -0.850. The number of carbonyl (C=O) groups is 1. The van der Waals surface area contributed by atoms with Gasteiger partial charge in [0.2, 0.25) is 0 Å². The van der Waals surface area contributed by atoms with Crippen molar-refractivity contribution in [3.8, 4) is 0 Å². The number of hydroxylamine groups is 1. The summed E-state index contributed by atoms with van der Waals surface area (Å²) in [7, 11) is 0. The molecule has 2 heterocycles. The Balaban J connectivity index is 1.74. The van der Waals surface area contributed by atoms with E-state index < -0.39 is 0 Å². The van der Waals surface area contributed by atoms with Gasteiger partial charge in [-0.25, -0.2) is 10.3 Å². The van der Waals surface area contributed by atoms with Gasteiger partial charge in [-0.1, -0.05) is 13.8 Å². The molecule has 19 heavy (non-hydrogen) atoms. The topological polar surface area (TPSA) is 60.0 Å². The Morgan fingerprint density at radius 3 is 2.84 bits per heavy atom. The zero-order valence-electron chi connectivity index (χ0n) is 11.8. The molecule has 2 rings (SSSR count). The molecule has 0 spiro atoms. The molecule has 0 unspecified atom stereocenters. The highest BCUT2D eigenvalue weighted by molar-refractivity contribution is 5.73. The summed E-state index contributed by atoms with van der Waals surface area (Å²) in [5.74, 6) is 0.393. The summed E-state index contributed by atoms with van der Waals surface area (Å²) in [5.41, 5.74) is 2.49. The van der Waals surface area contributed by atoms with Gasteiger partial charge in [-0.3, -0.25) is 4.84 Å². The van der Waals surface area contributed by atoms with E-state index in [1.54, 1.807) is 4.90 Å². The molecule has 0 bridgehead atoms. The Kier molecular flexibility index (Phi) is 5.42. The van der Waals surface area contributed by atoms with Crippen LogP contribution in [0, 0.1) is 5.92 Å². The molecule has 2 aliphatic heterocycles. The van der Waals surface area contributed by atoms with Crippen LogP contribution in [0.1, 0.15) is 26.7 Å². The number of rotatable bonds is 4. The van der Waals surface area contributed by atoms with Gasteiger partial charge < -0.3 is 14.4 Å². The zero-order chi connectivity index (χ0) is 13.7. The van der Waals surface area contributed by atoms with Gasteiger partial charge in [0.15, 0.2) is 0 Å². The van der Waals surface area contributed by atoms with E-state index in [9.17, 15) is 4.79 Å². The van der Waals surface area contributed by atoms with Gasteiger partial charge >= 0.3 is 6.03 Å². The van der Waals surface area contributed by atoms with E-state index in [1.807, 2.05) is 13.8 Å². The lowest BCUT2D eigenvalue weighted by Crippen LogP contribution is -2.52. The second kappa shape index (κ2) is 7.07. The summed E-state index contributed by atoms with van der Waals surface area (Å²) in [6.07, 6.45) is 2.22.